The Morgan fingerprint density at radius 3 is 2.53 bits per heavy atom. The molecule has 0 saturated heterocycles. The fraction of sp³-hybridized carbons (Fsp3) is 0.417. The third-order valence-corrected chi connectivity index (χ3v) is 2.57. The van der Waals surface area contributed by atoms with Crippen molar-refractivity contribution >= 4 is 29.2 Å². The maximum atomic E-state index is 11.3. The summed E-state index contributed by atoms with van der Waals surface area (Å²) in [7, 11) is 0. The molecule has 94 valence electrons. The highest BCUT2D eigenvalue weighted by Gasteiger charge is 2.21. The summed E-state index contributed by atoms with van der Waals surface area (Å²) in [5.41, 5.74) is -0.663. The van der Waals surface area contributed by atoms with Crippen molar-refractivity contribution in [2.24, 2.45) is 0 Å². The normalized spacial score (nSPS) is 13.8. The number of hydrogen-bond donors (Lipinski definition) is 0. The highest BCUT2D eigenvalue weighted by atomic mass is 35.5. The highest BCUT2D eigenvalue weighted by Crippen LogP contribution is 2.18. The van der Waals surface area contributed by atoms with Crippen LogP contribution in [0.1, 0.15) is 13.3 Å². The minimum absolute atomic E-state index is 0.191. The monoisotopic (exact) mass is 276 g/mol. The number of benzene rings is 1. The van der Waals surface area contributed by atoms with Crippen molar-refractivity contribution < 1.29 is 14.3 Å². The fourth-order valence-corrected chi connectivity index (χ4v) is 1.78. The van der Waals surface area contributed by atoms with Crippen molar-refractivity contribution in [3.8, 4) is 5.75 Å². The highest BCUT2D eigenvalue weighted by molar-refractivity contribution is 6.30. The van der Waals surface area contributed by atoms with E-state index in [4.69, 9.17) is 32.7 Å². The van der Waals surface area contributed by atoms with Gasteiger partial charge in [-0.3, -0.25) is 4.79 Å². The van der Waals surface area contributed by atoms with Gasteiger partial charge in [-0.2, -0.15) is 0 Å². The van der Waals surface area contributed by atoms with Gasteiger partial charge in [-0.15, -0.1) is 11.6 Å². The maximum absolute atomic E-state index is 11.3. The zero-order valence-corrected chi connectivity index (χ0v) is 10.9. The van der Waals surface area contributed by atoms with Gasteiger partial charge in [0.05, 0.1) is 6.61 Å². The summed E-state index contributed by atoms with van der Waals surface area (Å²) in [6, 6.07) is 9.11. The van der Waals surface area contributed by atoms with Gasteiger partial charge in [-0.1, -0.05) is 29.8 Å². The Morgan fingerprint density at radius 1 is 1.29 bits per heavy atom. The first-order valence-electron chi connectivity index (χ1n) is 5.30. The molecule has 1 aromatic carbocycles. The molecule has 0 bridgehead atoms. The van der Waals surface area contributed by atoms with E-state index in [0.717, 1.165) is 0 Å². The van der Waals surface area contributed by atoms with Crippen LogP contribution in [0.15, 0.2) is 30.3 Å². The van der Waals surface area contributed by atoms with Crippen LogP contribution < -0.4 is 4.74 Å². The summed E-state index contributed by atoms with van der Waals surface area (Å²) in [6.45, 7) is 2.02. The van der Waals surface area contributed by atoms with E-state index in [1.807, 2.05) is 18.2 Å². The van der Waals surface area contributed by atoms with Crippen molar-refractivity contribution in [3.63, 3.8) is 0 Å². The van der Waals surface area contributed by atoms with E-state index in [-0.39, 0.29) is 6.42 Å². The van der Waals surface area contributed by atoms with E-state index >= 15 is 0 Å². The Kier molecular flexibility index (Phi) is 6.16. The average molecular weight is 277 g/mol. The van der Waals surface area contributed by atoms with Gasteiger partial charge in [0.15, 0.2) is 5.56 Å². The van der Waals surface area contributed by atoms with Crippen LogP contribution in [0.2, 0.25) is 0 Å². The summed E-state index contributed by atoms with van der Waals surface area (Å²) < 4.78 is 10.2. The largest absolute Gasteiger partial charge is 0.475 e. The maximum Gasteiger partial charge on any atom is 0.324 e. The molecule has 0 fully saturated rings. The summed E-state index contributed by atoms with van der Waals surface area (Å²) in [4.78, 5) is 11.3. The van der Waals surface area contributed by atoms with E-state index in [1.165, 1.54) is 0 Å². The van der Waals surface area contributed by atoms with Crippen LogP contribution in [0.3, 0.4) is 0 Å². The quantitative estimate of drug-likeness (QED) is 0.591. The minimum Gasteiger partial charge on any atom is -0.475 e. The molecule has 0 aliphatic rings. The lowest BCUT2D eigenvalue weighted by Gasteiger charge is -2.15. The van der Waals surface area contributed by atoms with Crippen molar-refractivity contribution in [3.05, 3.63) is 30.3 Å². The van der Waals surface area contributed by atoms with Crippen LogP contribution in [0.5, 0.6) is 5.75 Å². The zero-order chi connectivity index (χ0) is 12.7. The van der Waals surface area contributed by atoms with Gasteiger partial charge in [-0.05, 0) is 19.1 Å². The SMILES string of the molecule is CCOC(=O)C(Cl)CC(Cl)Oc1ccccc1. The molecule has 0 radical (unpaired) electrons. The first-order chi connectivity index (χ1) is 8.13. The molecule has 1 aromatic rings. The summed E-state index contributed by atoms with van der Waals surface area (Å²) in [5, 5.41) is -0.791. The predicted octanol–water partition coefficient (Wildman–Crippen LogP) is 3.19. The number of alkyl halides is 2. The van der Waals surface area contributed by atoms with E-state index in [9.17, 15) is 4.79 Å². The van der Waals surface area contributed by atoms with Gasteiger partial charge < -0.3 is 9.47 Å². The summed E-state index contributed by atoms with van der Waals surface area (Å²) >= 11 is 11.8. The molecule has 3 nitrogen and oxygen atoms in total. The van der Waals surface area contributed by atoms with Crippen LogP contribution in [0.25, 0.3) is 0 Å². The number of esters is 1. The first kappa shape index (κ1) is 14.1. The molecule has 0 amide bonds. The van der Waals surface area contributed by atoms with E-state index in [1.54, 1.807) is 19.1 Å². The number of halogens is 2. The molecule has 0 aliphatic carbocycles. The Bertz CT molecular complexity index is 343. The van der Waals surface area contributed by atoms with Crippen LogP contribution in [-0.2, 0) is 9.53 Å². The molecule has 0 saturated carbocycles. The number of hydrogen-bond acceptors (Lipinski definition) is 3. The second kappa shape index (κ2) is 7.41. The molecule has 5 heteroatoms. The second-order valence-electron chi connectivity index (χ2n) is 3.30. The van der Waals surface area contributed by atoms with Gasteiger partial charge in [0.25, 0.3) is 0 Å². The molecule has 17 heavy (non-hydrogen) atoms. The van der Waals surface area contributed by atoms with Crippen LogP contribution in [0, 0.1) is 0 Å². The summed E-state index contributed by atoms with van der Waals surface area (Å²) in [5.74, 6) is 0.164. The molecular formula is C12H14Cl2O3. The zero-order valence-electron chi connectivity index (χ0n) is 9.44. The topological polar surface area (TPSA) is 35.5 Å². The second-order valence-corrected chi connectivity index (χ2v) is 4.31. The molecule has 0 aromatic heterocycles. The number of para-hydroxylation sites is 1. The van der Waals surface area contributed by atoms with Crippen molar-refractivity contribution in [2.45, 2.75) is 24.3 Å². The van der Waals surface area contributed by atoms with Crippen molar-refractivity contribution in [2.75, 3.05) is 6.61 Å². The molecule has 0 heterocycles. The van der Waals surface area contributed by atoms with Gasteiger partial charge in [0.1, 0.15) is 11.1 Å². The predicted molar refractivity (Wildman–Crippen MR) is 67.6 cm³/mol. The molecule has 2 atom stereocenters. The molecule has 0 N–H and O–H groups in total. The number of carbonyl (C=O) groups excluding carboxylic acids is 1. The Balaban J connectivity index is 2.39. The number of carbonyl (C=O) groups is 1. The van der Waals surface area contributed by atoms with Gasteiger partial charge in [-0.25, -0.2) is 0 Å². The van der Waals surface area contributed by atoms with Gasteiger partial charge in [0.2, 0.25) is 0 Å². The lowest BCUT2D eigenvalue weighted by Crippen LogP contribution is -2.23. The third kappa shape index (κ3) is 5.29. The van der Waals surface area contributed by atoms with Crippen LogP contribution in [0.4, 0.5) is 0 Å². The minimum atomic E-state index is -0.791. The van der Waals surface area contributed by atoms with E-state index in [0.29, 0.717) is 12.4 Å². The Labute approximate surface area is 111 Å². The Hall–Kier alpha value is -0.930. The summed E-state index contributed by atoms with van der Waals surface area (Å²) in [6.07, 6.45) is 0.191. The fourth-order valence-electron chi connectivity index (χ4n) is 1.19. The lowest BCUT2D eigenvalue weighted by atomic mass is 10.3. The lowest BCUT2D eigenvalue weighted by molar-refractivity contribution is -0.143. The van der Waals surface area contributed by atoms with Crippen molar-refractivity contribution in [1.29, 1.82) is 0 Å². The van der Waals surface area contributed by atoms with Crippen LogP contribution >= 0.6 is 23.2 Å². The number of ether oxygens (including phenoxy) is 2. The van der Waals surface area contributed by atoms with Crippen LogP contribution in [-0.4, -0.2) is 23.5 Å². The smallest absolute Gasteiger partial charge is 0.324 e. The Morgan fingerprint density at radius 2 is 1.94 bits per heavy atom. The van der Waals surface area contributed by atoms with E-state index < -0.39 is 16.9 Å². The molecule has 0 spiro atoms. The third-order valence-electron chi connectivity index (χ3n) is 1.94. The van der Waals surface area contributed by atoms with Crippen molar-refractivity contribution in [1.82, 2.24) is 0 Å². The molecule has 2 unspecified atom stereocenters. The van der Waals surface area contributed by atoms with Gasteiger partial charge in [0, 0.05) is 6.42 Å². The number of rotatable bonds is 6. The molecule has 1 rings (SSSR count). The van der Waals surface area contributed by atoms with E-state index in [2.05, 4.69) is 0 Å². The first-order valence-corrected chi connectivity index (χ1v) is 6.17. The molecule has 0 aliphatic heterocycles. The standard InChI is InChI=1S/C12H14Cl2O3/c1-2-16-12(15)10(13)8-11(14)17-9-6-4-3-5-7-9/h3-7,10-11H,2,8H2,1H3. The molecular weight excluding hydrogens is 263 g/mol. The van der Waals surface area contributed by atoms with Gasteiger partial charge >= 0.3 is 5.97 Å². The average Bonchev–Trinajstić information content (AvgIpc) is 2.30.